The molecular weight excluding hydrogens is 440 g/mol. The Kier molecular flexibility index (Phi) is 6.95. The Morgan fingerprint density at radius 2 is 1.57 bits per heavy atom. The lowest BCUT2D eigenvalue weighted by molar-refractivity contribution is -0.121. The Morgan fingerprint density at radius 1 is 0.857 bits per heavy atom. The number of carbonyl (C=O) groups is 2. The van der Waals surface area contributed by atoms with Gasteiger partial charge in [0.1, 0.15) is 12.3 Å². The normalized spacial score (nSPS) is 16.3. The molecule has 2 aliphatic rings. The molecule has 0 aromatic heterocycles. The van der Waals surface area contributed by atoms with E-state index in [-0.39, 0.29) is 24.8 Å². The summed E-state index contributed by atoms with van der Waals surface area (Å²) in [7, 11) is 0. The summed E-state index contributed by atoms with van der Waals surface area (Å²) in [5.74, 6) is 0.267. The van der Waals surface area contributed by atoms with Crippen molar-refractivity contribution in [2.45, 2.75) is 13.0 Å². The van der Waals surface area contributed by atoms with Gasteiger partial charge in [0.05, 0.1) is 18.7 Å². The summed E-state index contributed by atoms with van der Waals surface area (Å²) in [5.41, 5.74) is 3.84. The first-order valence-corrected chi connectivity index (χ1v) is 12.1. The number of hydrogen-bond acceptors (Lipinski definition) is 5. The summed E-state index contributed by atoms with van der Waals surface area (Å²) in [6.07, 6.45) is 0.245. The molecule has 5 rings (SSSR count). The van der Waals surface area contributed by atoms with E-state index in [1.807, 2.05) is 42.5 Å². The lowest BCUT2D eigenvalue weighted by atomic mass is 10.2. The lowest BCUT2D eigenvalue weighted by Crippen LogP contribution is -2.45. The third kappa shape index (κ3) is 5.63. The molecule has 1 fully saturated rings. The predicted octanol–water partition coefficient (Wildman–Crippen LogP) is 3.76. The largest absolute Gasteiger partial charge is 0.491 e. The van der Waals surface area contributed by atoms with Gasteiger partial charge in [-0.05, 0) is 42.0 Å². The van der Waals surface area contributed by atoms with Gasteiger partial charge in [0.2, 0.25) is 11.8 Å². The van der Waals surface area contributed by atoms with Gasteiger partial charge in [-0.1, -0.05) is 42.5 Å². The molecule has 0 atom stereocenters. The summed E-state index contributed by atoms with van der Waals surface area (Å²) in [6, 6.07) is 25.8. The number of rotatable bonds is 6. The quantitative estimate of drug-likeness (QED) is 0.594. The number of para-hydroxylation sites is 2. The van der Waals surface area contributed by atoms with Gasteiger partial charge in [-0.2, -0.15) is 0 Å². The van der Waals surface area contributed by atoms with Crippen LogP contribution in [0.1, 0.15) is 12.0 Å². The SMILES string of the molecule is O=C(CN1C(=O)CCOc2ccccc21)Nc1ccc(N2CCN(Cc3ccccc3)CC2)cc1. The summed E-state index contributed by atoms with van der Waals surface area (Å²) in [6.45, 7) is 5.22. The molecule has 180 valence electrons. The van der Waals surface area contributed by atoms with Crippen molar-refractivity contribution in [3.63, 3.8) is 0 Å². The Hall–Kier alpha value is -3.84. The fourth-order valence-corrected chi connectivity index (χ4v) is 4.60. The van der Waals surface area contributed by atoms with Gasteiger partial charge in [0, 0.05) is 44.1 Å². The Morgan fingerprint density at radius 3 is 2.34 bits per heavy atom. The van der Waals surface area contributed by atoms with Gasteiger partial charge in [-0.25, -0.2) is 0 Å². The van der Waals surface area contributed by atoms with Gasteiger partial charge >= 0.3 is 0 Å². The molecule has 0 bridgehead atoms. The van der Waals surface area contributed by atoms with E-state index in [9.17, 15) is 9.59 Å². The molecule has 0 aliphatic carbocycles. The standard InChI is InChI=1S/C28H30N4O3/c33-27(21-32-25-8-4-5-9-26(25)35-19-14-28(32)34)29-23-10-12-24(13-11-23)31-17-15-30(16-18-31)20-22-6-2-1-3-7-22/h1-13H,14-21H2,(H,29,33). The van der Waals surface area contributed by atoms with Crippen molar-refractivity contribution in [2.24, 2.45) is 0 Å². The fraction of sp³-hybridized carbons (Fsp3) is 0.286. The van der Waals surface area contributed by atoms with Crippen LogP contribution in [0.25, 0.3) is 0 Å². The van der Waals surface area contributed by atoms with E-state index >= 15 is 0 Å². The van der Waals surface area contributed by atoms with Crippen molar-refractivity contribution in [1.82, 2.24) is 4.90 Å². The number of anilines is 3. The number of amides is 2. The smallest absolute Gasteiger partial charge is 0.244 e. The van der Waals surface area contributed by atoms with Crippen molar-refractivity contribution in [3.8, 4) is 5.75 Å². The number of ether oxygens (including phenoxy) is 1. The first-order chi connectivity index (χ1) is 17.2. The molecular formula is C28H30N4O3. The van der Waals surface area contributed by atoms with Crippen LogP contribution in [0.5, 0.6) is 5.75 Å². The molecule has 1 saturated heterocycles. The van der Waals surface area contributed by atoms with Crippen LogP contribution in [0.15, 0.2) is 78.9 Å². The number of nitrogens with one attached hydrogen (secondary N) is 1. The summed E-state index contributed by atoms with van der Waals surface area (Å²) in [5, 5.41) is 2.93. The molecule has 2 amide bonds. The van der Waals surface area contributed by atoms with Gasteiger partial charge in [0.25, 0.3) is 0 Å². The summed E-state index contributed by atoms with van der Waals surface area (Å²) < 4.78 is 5.65. The Balaban J connectivity index is 1.15. The highest BCUT2D eigenvalue weighted by atomic mass is 16.5. The fourth-order valence-electron chi connectivity index (χ4n) is 4.60. The number of carbonyl (C=O) groups excluding carboxylic acids is 2. The zero-order valence-electron chi connectivity index (χ0n) is 19.7. The first kappa shape index (κ1) is 22.9. The number of fused-ring (bicyclic) bond motifs is 1. The van der Waals surface area contributed by atoms with E-state index in [4.69, 9.17) is 4.74 Å². The van der Waals surface area contributed by atoms with Crippen LogP contribution in [-0.2, 0) is 16.1 Å². The van der Waals surface area contributed by atoms with Gasteiger partial charge < -0.3 is 15.0 Å². The van der Waals surface area contributed by atoms with E-state index in [1.54, 1.807) is 6.07 Å². The zero-order valence-corrected chi connectivity index (χ0v) is 19.7. The molecule has 0 saturated carbocycles. The summed E-state index contributed by atoms with van der Waals surface area (Å²) in [4.78, 5) is 31.7. The minimum atomic E-state index is -0.239. The minimum Gasteiger partial charge on any atom is -0.491 e. The topological polar surface area (TPSA) is 65.1 Å². The van der Waals surface area contributed by atoms with Crippen LogP contribution < -0.4 is 19.9 Å². The predicted molar refractivity (Wildman–Crippen MR) is 138 cm³/mol. The van der Waals surface area contributed by atoms with Crippen molar-refractivity contribution in [2.75, 3.05) is 54.4 Å². The molecule has 3 aromatic carbocycles. The van der Waals surface area contributed by atoms with Crippen molar-refractivity contribution in [1.29, 1.82) is 0 Å². The number of nitrogens with zero attached hydrogens (tertiary/aromatic N) is 3. The maximum absolute atomic E-state index is 12.8. The van der Waals surface area contributed by atoms with E-state index in [2.05, 4.69) is 45.4 Å². The molecule has 2 aliphatic heterocycles. The minimum absolute atomic E-state index is 0.0513. The van der Waals surface area contributed by atoms with Gasteiger partial charge in [0.15, 0.2) is 0 Å². The van der Waals surface area contributed by atoms with Crippen molar-refractivity contribution in [3.05, 3.63) is 84.4 Å². The third-order valence-electron chi connectivity index (χ3n) is 6.47. The zero-order chi connectivity index (χ0) is 24.0. The van der Waals surface area contributed by atoms with Crippen molar-refractivity contribution >= 4 is 28.9 Å². The highest BCUT2D eigenvalue weighted by Gasteiger charge is 2.25. The molecule has 2 heterocycles. The molecule has 3 aromatic rings. The molecule has 7 nitrogen and oxygen atoms in total. The molecule has 7 heteroatoms. The Labute approximate surface area is 205 Å². The van der Waals surface area contributed by atoms with Gasteiger partial charge in [-0.3, -0.25) is 19.4 Å². The second kappa shape index (κ2) is 10.6. The lowest BCUT2D eigenvalue weighted by Gasteiger charge is -2.36. The van der Waals surface area contributed by atoms with E-state index < -0.39 is 0 Å². The third-order valence-corrected chi connectivity index (χ3v) is 6.47. The average Bonchev–Trinajstić information content (AvgIpc) is 3.04. The second-order valence-electron chi connectivity index (χ2n) is 8.89. The van der Waals surface area contributed by atoms with E-state index in [0.717, 1.165) is 38.4 Å². The number of hydrogen-bond donors (Lipinski definition) is 1. The van der Waals surface area contributed by atoms with Crippen LogP contribution in [0.4, 0.5) is 17.1 Å². The maximum atomic E-state index is 12.8. The Bertz CT molecular complexity index is 1160. The highest BCUT2D eigenvalue weighted by Crippen LogP contribution is 2.31. The van der Waals surface area contributed by atoms with E-state index in [1.165, 1.54) is 10.5 Å². The maximum Gasteiger partial charge on any atom is 0.244 e. The molecule has 0 unspecified atom stereocenters. The van der Waals surface area contributed by atoms with Crippen LogP contribution >= 0.6 is 0 Å². The highest BCUT2D eigenvalue weighted by molar-refractivity contribution is 6.03. The van der Waals surface area contributed by atoms with Crippen LogP contribution in [0.2, 0.25) is 0 Å². The van der Waals surface area contributed by atoms with E-state index in [0.29, 0.717) is 23.7 Å². The van der Waals surface area contributed by atoms with Gasteiger partial charge in [-0.15, -0.1) is 0 Å². The van der Waals surface area contributed by atoms with Crippen LogP contribution in [-0.4, -0.2) is 56.0 Å². The van der Waals surface area contributed by atoms with Crippen LogP contribution in [0.3, 0.4) is 0 Å². The summed E-state index contributed by atoms with van der Waals surface area (Å²) >= 11 is 0. The first-order valence-electron chi connectivity index (χ1n) is 12.1. The molecule has 0 radical (unpaired) electrons. The number of piperazine rings is 1. The molecule has 0 spiro atoms. The average molecular weight is 471 g/mol. The number of benzene rings is 3. The van der Waals surface area contributed by atoms with Crippen LogP contribution in [0, 0.1) is 0 Å². The monoisotopic (exact) mass is 470 g/mol. The molecule has 1 N–H and O–H groups in total. The van der Waals surface area contributed by atoms with Crippen molar-refractivity contribution < 1.29 is 14.3 Å². The second-order valence-corrected chi connectivity index (χ2v) is 8.89. The molecule has 35 heavy (non-hydrogen) atoms.